The molecule has 0 bridgehead atoms. The van der Waals surface area contributed by atoms with Gasteiger partial charge in [-0.15, -0.1) is 0 Å². The van der Waals surface area contributed by atoms with Gasteiger partial charge >= 0.3 is 5.97 Å². The van der Waals surface area contributed by atoms with Gasteiger partial charge in [0, 0.05) is 19.6 Å². The van der Waals surface area contributed by atoms with Crippen LogP contribution in [0.3, 0.4) is 0 Å². The van der Waals surface area contributed by atoms with Crippen LogP contribution in [0, 0.1) is 5.92 Å². The van der Waals surface area contributed by atoms with E-state index in [-0.39, 0.29) is 0 Å². The minimum absolute atomic E-state index is 0.494. The highest BCUT2D eigenvalue weighted by atomic mass is 32.2. The smallest absolute Gasteiger partial charge is 0.335 e. The molecule has 1 aromatic carbocycles. The summed E-state index contributed by atoms with van der Waals surface area (Å²) < 4.78 is 0. The molecule has 0 radical (unpaired) electrons. The number of carboxylic acid groups (broad SMARTS) is 1. The van der Waals surface area contributed by atoms with Crippen LogP contribution in [-0.4, -0.2) is 40.6 Å². The highest BCUT2D eigenvalue weighted by molar-refractivity contribution is 7.99. The molecular formula is C15H19NO2S. The Bertz CT molecular complexity index is 483. The van der Waals surface area contributed by atoms with Crippen molar-refractivity contribution in [1.82, 2.24) is 4.90 Å². The molecule has 0 saturated carbocycles. The lowest BCUT2D eigenvalue weighted by Crippen LogP contribution is -2.35. The molecule has 0 aromatic heterocycles. The van der Waals surface area contributed by atoms with Crippen LogP contribution in [0.25, 0.3) is 0 Å². The van der Waals surface area contributed by atoms with Gasteiger partial charge in [-0.25, -0.2) is 4.79 Å². The second-order valence-corrected chi connectivity index (χ2v) is 6.61. The maximum absolute atomic E-state index is 11.2. The molecule has 4 heteroatoms. The minimum atomic E-state index is -0.794. The third kappa shape index (κ3) is 2.79. The molecule has 1 N–H and O–H groups in total. The summed E-state index contributed by atoms with van der Waals surface area (Å²) in [7, 11) is 0. The Hall–Kier alpha value is -1.00. The third-order valence-electron chi connectivity index (χ3n) is 4.12. The zero-order valence-corrected chi connectivity index (χ0v) is 11.8. The number of thioether (sulfide) groups is 1. The van der Waals surface area contributed by atoms with Gasteiger partial charge in [0.05, 0.1) is 5.56 Å². The van der Waals surface area contributed by atoms with E-state index >= 15 is 0 Å². The van der Waals surface area contributed by atoms with Gasteiger partial charge in [-0.05, 0) is 47.5 Å². The molecule has 2 aliphatic rings. The molecule has 3 rings (SSSR count). The van der Waals surface area contributed by atoms with Gasteiger partial charge in [-0.2, -0.15) is 11.8 Å². The Balaban J connectivity index is 1.73. The lowest BCUT2D eigenvalue weighted by atomic mass is 9.94. The lowest BCUT2D eigenvalue weighted by molar-refractivity contribution is 0.0694. The molecule has 1 aromatic rings. The fourth-order valence-electron chi connectivity index (χ4n) is 3.12. The number of hydrogen-bond acceptors (Lipinski definition) is 3. The Morgan fingerprint density at radius 3 is 3.11 bits per heavy atom. The number of nitrogens with zero attached hydrogens (tertiary/aromatic N) is 1. The summed E-state index contributed by atoms with van der Waals surface area (Å²) in [4.78, 5) is 13.7. The molecule has 1 saturated heterocycles. The van der Waals surface area contributed by atoms with Crippen molar-refractivity contribution in [3.63, 3.8) is 0 Å². The lowest BCUT2D eigenvalue weighted by Gasteiger charge is -2.31. The predicted molar refractivity (Wildman–Crippen MR) is 77.8 cm³/mol. The van der Waals surface area contributed by atoms with Gasteiger partial charge in [0.1, 0.15) is 0 Å². The van der Waals surface area contributed by atoms with E-state index in [0.717, 1.165) is 31.0 Å². The second kappa shape index (κ2) is 5.55. The number of aromatic carboxylic acids is 1. The number of hydrogen-bond donors (Lipinski definition) is 1. The van der Waals surface area contributed by atoms with E-state index in [0.29, 0.717) is 5.56 Å². The maximum Gasteiger partial charge on any atom is 0.335 e. The van der Waals surface area contributed by atoms with Crippen molar-refractivity contribution in [1.29, 1.82) is 0 Å². The standard InChI is InChI=1S/C15H19NO2S/c17-15(18)14-3-1-2-12-9-16(6-4-13(12)14)8-11-5-7-19-10-11/h1-3,11H,4-10H2,(H,17,18). The van der Waals surface area contributed by atoms with E-state index in [1.54, 1.807) is 6.07 Å². The average Bonchev–Trinajstić information content (AvgIpc) is 2.90. The Morgan fingerprint density at radius 2 is 2.37 bits per heavy atom. The zero-order valence-electron chi connectivity index (χ0n) is 11.0. The Labute approximate surface area is 118 Å². The number of rotatable bonds is 3. The van der Waals surface area contributed by atoms with Gasteiger partial charge in [-0.1, -0.05) is 12.1 Å². The maximum atomic E-state index is 11.2. The largest absolute Gasteiger partial charge is 0.478 e. The molecule has 2 heterocycles. The van der Waals surface area contributed by atoms with Crippen molar-refractivity contribution in [2.24, 2.45) is 5.92 Å². The fourth-order valence-corrected chi connectivity index (χ4v) is 4.39. The summed E-state index contributed by atoms with van der Waals surface area (Å²) in [6.45, 7) is 3.08. The van der Waals surface area contributed by atoms with Crippen LogP contribution < -0.4 is 0 Å². The molecule has 19 heavy (non-hydrogen) atoms. The topological polar surface area (TPSA) is 40.5 Å². The first-order valence-corrected chi connectivity index (χ1v) is 8.03. The second-order valence-electron chi connectivity index (χ2n) is 5.46. The van der Waals surface area contributed by atoms with Crippen molar-refractivity contribution in [3.8, 4) is 0 Å². The van der Waals surface area contributed by atoms with Crippen molar-refractivity contribution in [2.45, 2.75) is 19.4 Å². The molecule has 1 atom stereocenters. The van der Waals surface area contributed by atoms with Crippen molar-refractivity contribution < 1.29 is 9.90 Å². The van der Waals surface area contributed by atoms with Crippen LogP contribution in [0.15, 0.2) is 18.2 Å². The minimum Gasteiger partial charge on any atom is -0.478 e. The number of carboxylic acids is 1. The summed E-state index contributed by atoms with van der Waals surface area (Å²) in [5.74, 6) is 2.63. The van der Waals surface area contributed by atoms with Crippen LogP contribution in [-0.2, 0) is 13.0 Å². The third-order valence-corrected chi connectivity index (χ3v) is 5.35. The molecule has 0 aliphatic carbocycles. The van der Waals surface area contributed by atoms with Gasteiger partial charge in [-0.3, -0.25) is 4.90 Å². The number of carbonyl (C=O) groups is 1. The van der Waals surface area contributed by atoms with Gasteiger partial charge in [0.2, 0.25) is 0 Å². The van der Waals surface area contributed by atoms with E-state index < -0.39 is 5.97 Å². The van der Waals surface area contributed by atoms with Crippen LogP contribution in [0.1, 0.15) is 27.9 Å². The highest BCUT2D eigenvalue weighted by Gasteiger charge is 2.24. The summed E-state index contributed by atoms with van der Waals surface area (Å²) in [6.07, 6.45) is 2.21. The van der Waals surface area contributed by atoms with E-state index in [2.05, 4.69) is 22.7 Å². The Kier molecular flexibility index (Phi) is 3.80. The fraction of sp³-hybridized carbons (Fsp3) is 0.533. The molecular weight excluding hydrogens is 258 g/mol. The Morgan fingerprint density at radius 1 is 1.47 bits per heavy atom. The van der Waals surface area contributed by atoms with Gasteiger partial charge in [0.25, 0.3) is 0 Å². The molecule has 0 amide bonds. The SMILES string of the molecule is O=C(O)c1cccc2c1CCN(CC1CCSC1)C2. The van der Waals surface area contributed by atoms with Crippen LogP contribution in [0.5, 0.6) is 0 Å². The summed E-state index contributed by atoms with van der Waals surface area (Å²) >= 11 is 2.06. The summed E-state index contributed by atoms with van der Waals surface area (Å²) in [6, 6.07) is 5.68. The predicted octanol–water partition coefficient (Wildman–Crippen LogP) is 2.50. The quantitative estimate of drug-likeness (QED) is 0.921. The van der Waals surface area contributed by atoms with Gasteiger partial charge in [0.15, 0.2) is 0 Å². The monoisotopic (exact) mass is 277 g/mol. The first-order chi connectivity index (χ1) is 9.24. The molecule has 1 unspecified atom stereocenters. The molecule has 1 fully saturated rings. The van der Waals surface area contributed by atoms with Crippen LogP contribution in [0.2, 0.25) is 0 Å². The first kappa shape index (κ1) is 13.0. The van der Waals surface area contributed by atoms with Crippen molar-refractivity contribution >= 4 is 17.7 Å². The van der Waals surface area contributed by atoms with Crippen molar-refractivity contribution in [2.75, 3.05) is 24.6 Å². The molecule has 3 nitrogen and oxygen atoms in total. The van der Waals surface area contributed by atoms with Crippen LogP contribution >= 0.6 is 11.8 Å². The van der Waals surface area contributed by atoms with Crippen LogP contribution in [0.4, 0.5) is 0 Å². The summed E-state index contributed by atoms with van der Waals surface area (Å²) in [5, 5.41) is 9.22. The van der Waals surface area contributed by atoms with E-state index in [1.807, 2.05) is 6.07 Å². The zero-order chi connectivity index (χ0) is 13.2. The normalized spacial score (nSPS) is 23.3. The van der Waals surface area contributed by atoms with E-state index in [9.17, 15) is 9.90 Å². The number of fused-ring (bicyclic) bond motifs is 1. The average molecular weight is 277 g/mol. The van der Waals surface area contributed by atoms with Crippen molar-refractivity contribution in [3.05, 3.63) is 34.9 Å². The molecule has 102 valence electrons. The van der Waals surface area contributed by atoms with E-state index in [4.69, 9.17) is 0 Å². The molecule has 0 spiro atoms. The number of benzene rings is 1. The van der Waals surface area contributed by atoms with Gasteiger partial charge < -0.3 is 5.11 Å². The van der Waals surface area contributed by atoms with E-state index in [1.165, 1.54) is 30.0 Å². The summed E-state index contributed by atoms with van der Waals surface area (Å²) in [5.41, 5.74) is 2.75. The first-order valence-electron chi connectivity index (χ1n) is 6.88. The molecule has 2 aliphatic heterocycles. The highest BCUT2D eigenvalue weighted by Crippen LogP contribution is 2.27.